The molecule has 8 nitrogen and oxygen atoms in total. The van der Waals surface area contributed by atoms with Gasteiger partial charge in [-0.1, -0.05) is 23.9 Å². The van der Waals surface area contributed by atoms with Crippen molar-refractivity contribution in [3.63, 3.8) is 0 Å². The number of nitro benzene ring substituents is 1. The molecule has 0 aliphatic heterocycles. The van der Waals surface area contributed by atoms with Crippen molar-refractivity contribution in [2.75, 3.05) is 22.9 Å². The van der Waals surface area contributed by atoms with Crippen molar-refractivity contribution in [1.29, 1.82) is 0 Å². The van der Waals surface area contributed by atoms with Gasteiger partial charge >= 0.3 is 0 Å². The second-order valence-electron chi connectivity index (χ2n) is 5.66. The van der Waals surface area contributed by atoms with Gasteiger partial charge in [-0.15, -0.1) is 0 Å². The van der Waals surface area contributed by atoms with Crippen molar-refractivity contribution in [3.05, 3.63) is 57.1 Å². The summed E-state index contributed by atoms with van der Waals surface area (Å²) in [6.45, 7) is 2.71. The predicted octanol–water partition coefficient (Wildman–Crippen LogP) is 4.46. The predicted molar refractivity (Wildman–Crippen MR) is 114 cm³/mol. The molecule has 3 rings (SSSR count). The van der Waals surface area contributed by atoms with Gasteiger partial charge in [0.2, 0.25) is 5.91 Å². The van der Waals surface area contributed by atoms with Crippen molar-refractivity contribution in [2.24, 2.45) is 0 Å². The van der Waals surface area contributed by atoms with E-state index in [4.69, 9.17) is 0 Å². The molecule has 0 saturated carbocycles. The molecule has 3 aromatic rings. The Morgan fingerprint density at radius 3 is 2.75 bits per heavy atom. The molecule has 28 heavy (non-hydrogen) atoms. The summed E-state index contributed by atoms with van der Waals surface area (Å²) in [6.07, 6.45) is 0. The lowest BCUT2D eigenvalue weighted by atomic mass is 10.2. The maximum absolute atomic E-state index is 12.3. The summed E-state index contributed by atoms with van der Waals surface area (Å²) >= 11 is 4.45. The molecule has 0 unspecified atom stereocenters. The fourth-order valence-electron chi connectivity index (χ4n) is 2.46. The van der Waals surface area contributed by atoms with Crippen LogP contribution in [0.2, 0.25) is 0 Å². The Morgan fingerprint density at radius 2 is 2.04 bits per heavy atom. The van der Waals surface area contributed by atoms with Crippen LogP contribution in [0.25, 0.3) is 10.9 Å². The van der Waals surface area contributed by atoms with Crippen molar-refractivity contribution < 1.29 is 9.72 Å². The molecule has 2 aromatic carbocycles. The topological polar surface area (TPSA) is 110 Å². The molecule has 0 fully saturated rings. The minimum atomic E-state index is -0.495. The first-order valence-corrected chi connectivity index (χ1v) is 10.1. The van der Waals surface area contributed by atoms with E-state index >= 15 is 0 Å². The zero-order valence-electron chi connectivity index (χ0n) is 14.8. The monoisotopic (exact) mass is 461 g/mol. The molecule has 1 amide bonds. The number of benzene rings is 2. The maximum Gasteiger partial charge on any atom is 0.270 e. The van der Waals surface area contributed by atoms with Crippen LogP contribution in [0.1, 0.15) is 6.92 Å². The van der Waals surface area contributed by atoms with Gasteiger partial charge in [-0.25, -0.2) is 9.97 Å². The second kappa shape index (κ2) is 8.98. The Morgan fingerprint density at radius 1 is 1.25 bits per heavy atom. The summed E-state index contributed by atoms with van der Waals surface area (Å²) in [5, 5.41) is 18.1. The number of aromatic nitrogens is 2. The van der Waals surface area contributed by atoms with E-state index in [-0.39, 0.29) is 17.3 Å². The first-order valence-electron chi connectivity index (χ1n) is 8.35. The Balaban J connectivity index is 1.70. The van der Waals surface area contributed by atoms with E-state index in [0.717, 1.165) is 23.3 Å². The molecule has 10 heteroatoms. The van der Waals surface area contributed by atoms with Crippen LogP contribution in [0.5, 0.6) is 0 Å². The van der Waals surface area contributed by atoms with E-state index in [2.05, 4.69) is 36.5 Å². The molecular weight excluding hydrogens is 446 g/mol. The lowest BCUT2D eigenvalue weighted by molar-refractivity contribution is -0.384. The van der Waals surface area contributed by atoms with Gasteiger partial charge in [0.25, 0.3) is 5.69 Å². The number of nitrogens with one attached hydrogen (secondary N) is 2. The van der Waals surface area contributed by atoms with Gasteiger partial charge in [-0.05, 0) is 41.1 Å². The third-order valence-electron chi connectivity index (χ3n) is 3.70. The van der Waals surface area contributed by atoms with Crippen LogP contribution in [0.4, 0.5) is 17.2 Å². The van der Waals surface area contributed by atoms with Gasteiger partial charge in [0.05, 0.1) is 21.9 Å². The highest BCUT2D eigenvalue weighted by Gasteiger charge is 2.13. The molecule has 1 aromatic heterocycles. The van der Waals surface area contributed by atoms with Gasteiger partial charge in [-0.3, -0.25) is 14.9 Å². The summed E-state index contributed by atoms with van der Waals surface area (Å²) < 4.78 is 0.441. The lowest BCUT2D eigenvalue weighted by Crippen LogP contribution is -2.15. The number of thioether (sulfide) groups is 1. The number of halogens is 1. The number of amides is 1. The van der Waals surface area contributed by atoms with Gasteiger partial charge in [-0.2, -0.15) is 0 Å². The van der Waals surface area contributed by atoms with Crippen molar-refractivity contribution in [3.8, 4) is 0 Å². The molecule has 0 aliphatic rings. The van der Waals surface area contributed by atoms with E-state index in [1.165, 1.54) is 30.0 Å². The minimum absolute atomic E-state index is 0.0558. The third kappa shape index (κ3) is 4.76. The van der Waals surface area contributed by atoms with Gasteiger partial charge < -0.3 is 10.6 Å². The number of anilines is 2. The second-order valence-corrected chi connectivity index (χ2v) is 7.46. The standard InChI is InChI=1S/C18H16BrN5O3S/c1-2-20-17-12-5-3-4-6-14(12)22-18(23-17)28-10-16(25)21-15-8-7-11(24(26)27)9-13(15)19/h3-9H,2,10H2,1H3,(H,21,25)(H,20,22,23). The van der Waals surface area contributed by atoms with E-state index in [1.807, 2.05) is 31.2 Å². The highest BCUT2D eigenvalue weighted by atomic mass is 79.9. The molecule has 0 bridgehead atoms. The molecule has 0 aliphatic carbocycles. The van der Waals surface area contributed by atoms with Crippen LogP contribution in [-0.2, 0) is 4.79 Å². The SMILES string of the molecule is CCNc1nc(SCC(=O)Nc2ccc([N+](=O)[O-])cc2Br)nc2ccccc12. The molecule has 2 N–H and O–H groups in total. The zero-order chi connectivity index (χ0) is 20.1. The minimum Gasteiger partial charge on any atom is -0.370 e. The number of hydrogen-bond acceptors (Lipinski definition) is 7. The first-order chi connectivity index (χ1) is 13.5. The highest BCUT2D eigenvalue weighted by Crippen LogP contribution is 2.28. The number of carbonyl (C=O) groups is 1. The van der Waals surface area contributed by atoms with Gasteiger partial charge in [0.15, 0.2) is 5.16 Å². The quantitative estimate of drug-likeness (QED) is 0.231. The number of carbonyl (C=O) groups excluding carboxylic acids is 1. The van der Waals surface area contributed by atoms with Crippen LogP contribution in [0, 0.1) is 10.1 Å². The van der Waals surface area contributed by atoms with Gasteiger partial charge in [0.1, 0.15) is 5.82 Å². The Bertz CT molecular complexity index is 1050. The van der Waals surface area contributed by atoms with Crippen LogP contribution >= 0.6 is 27.7 Å². The smallest absolute Gasteiger partial charge is 0.270 e. The molecule has 0 radical (unpaired) electrons. The third-order valence-corrected chi connectivity index (χ3v) is 5.20. The number of rotatable bonds is 7. The van der Waals surface area contributed by atoms with Crippen LogP contribution in [-0.4, -0.2) is 33.1 Å². The first kappa shape index (κ1) is 20.0. The van der Waals surface area contributed by atoms with E-state index in [0.29, 0.717) is 15.3 Å². The van der Waals surface area contributed by atoms with Crippen LogP contribution in [0.3, 0.4) is 0 Å². The molecule has 144 valence electrons. The number of fused-ring (bicyclic) bond motifs is 1. The van der Waals surface area contributed by atoms with Gasteiger partial charge in [0, 0.05) is 28.5 Å². The zero-order valence-corrected chi connectivity index (χ0v) is 17.2. The van der Waals surface area contributed by atoms with E-state index in [1.54, 1.807) is 0 Å². The summed E-state index contributed by atoms with van der Waals surface area (Å²) in [5.41, 5.74) is 1.21. The number of nitrogens with zero attached hydrogens (tertiary/aromatic N) is 3. The Kier molecular flexibility index (Phi) is 6.42. The van der Waals surface area contributed by atoms with E-state index < -0.39 is 4.92 Å². The summed E-state index contributed by atoms with van der Waals surface area (Å²) in [7, 11) is 0. The van der Waals surface area contributed by atoms with Crippen molar-refractivity contribution in [2.45, 2.75) is 12.1 Å². The van der Waals surface area contributed by atoms with Crippen molar-refractivity contribution >= 4 is 61.7 Å². The molecule has 1 heterocycles. The van der Waals surface area contributed by atoms with Crippen molar-refractivity contribution in [1.82, 2.24) is 9.97 Å². The summed E-state index contributed by atoms with van der Waals surface area (Å²) in [6, 6.07) is 11.8. The molecule has 0 atom stereocenters. The number of non-ortho nitro benzene ring substituents is 1. The fraction of sp³-hybridized carbons (Fsp3) is 0.167. The average Bonchev–Trinajstić information content (AvgIpc) is 2.68. The summed E-state index contributed by atoms with van der Waals surface area (Å²) in [5.74, 6) is 0.572. The molecule has 0 spiro atoms. The molecular formula is C18H16BrN5O3S. The highest BCUT2D eigenvalue weighted by molar-refractivity contribution is 9.10. The number of nitro groups is 1. The fourth-order valence-corrected chi connectivity index (χ4v) is 3.57. The van der Waals surface area contributed by atoms with Crippen LogP contribution < -0.4 is 10.6 Å². The Labute approximate surface area is 173 Å². The Hall–Kier alpha value is -2.72. The van der Waals surface area contributed by atoms with E-state index in [9.17, 15) is 14.9 Å². The maximum atomic E-state index is 12.3. The molecule has 0 saturated heterocycles. The summed E-state index contributed by atoms with van der Waals surface area (Å²) in [4.78, 5) is 31.6. The normalized spacial score (nSPS) is 10.6. The largest absolute Gasteiger partial charge is 0.370 e. The lowest BCUT2D eigenvalue weighted by Gasteiger charge is -2.10. The number of para-hydroxylation sites is 1. The number of hydrogen-bond donors (Lipinski definition) is 2. The van der Waals surface area contributed by atoms with Crippen LogP contribution in [0.15, 0.2) is 52.1 Å². The average molecular weight is 462 g/mol.